The van der Waals surface area contributed by atoms with Gasteiger partial charge in [-0.25, -0.2) is 4.79 Å². The van der Waals surface area contributed by atoms with Crippen LogP contribution in [-0.4, -0.2) is 37.8 Å². The molecule has 1 aromatic rings. The minimum atomic E-state index is -0.523. The average Bonchev–Trinajstić information content (AvgIpc) is 2.35. The Balaban J connectivity index is 2.78. The van der Waals surface area contributed by atoms with E-state index in [-0.39, 0.29) is 5.97 Å². The maximum atomic E-state index is 11.9. The van der Waals surface area contributed by atoms with E-state index in [1.807, 2.05) is 6.07 Å². The van der Waals surface area contributed by atoms with Crippen LogP contribution in [-0.2, 0) is 14.3 Å². The van der Waals surface area contributed by atoms with Crippen molar-refractivity contribution in [2.45, 2.75) is 13.0 Å². The zero-order valence-corrected chi connectivity index (χ0v) is 12.1. The summed E-state index contributed by atoms with van der Waals surface area (Å²) in [6.07, 6.45) is 3.31. The summed E-state index contributed by atoms with van der Waals surface area (Å²) in [5, 5.41) is 3.09. The number of carbonyl (C=O) groups excluding carboxylic acids is 1. The molecule has 1 aromatic heterocycles. The van der Waals surface area contributed by atoms with Gasteiger partial charge in [-0.1, -0.05) is 0 Å². The van der Waals surface area contributed by atoms with E-state index in [0.717, 1.165) is 10.0 Å². The smallest absolute Gasteiger partial charge is 0.327 e. The zero-order chi connectivity index (χ0) is 13.4. The Morgan fingerprint density at radius 3 is 2.94 bits per heavy atom. The SMILES string of the molecule is CCOC(=O)C(NCCOC)c1cncc(Br)c1. The van der Waals surface area contributed by atoms with Gasteiger partial charge in [0.1, 0.15) is 6.04 Å². The molecule has 0 aliphatic heterocycles. The molecule has 6 heteroatoms. The third kappa shape index (κ3) is 4.72. The first-order valence-electron chi connectivity index (χ1n) is 5.68. The highest BCUT2D eigenvalue weighted by atomic mass is 79.9. The maximum Gasteiger partial charge on any atom is 0.327 e. The van der Waals surface area contributed by atoms with Crippen LogP contribution in [0.3, 0.4) is 0 Å². The minimum absolute atomic E-state index is 0.312. The van der Waals surface area contributed by atoms with E-state index in [4.69, 9.17) is 9.47 Å². The molecule has 1 heterocycles. The minimum Gasteiger partial charge on any atom is -0.465 e. The van der Waals surface area contributed by atoms with Crippen LogP contribution < -0.4 is 5.32 Å². The lowest BCUT2D eigenvalue weighted by atomic mass is 10.1. The maximum absolute atomic E-state index is 11.9. The van der Waals surface area contributed by atoms with Crippen LogP contribution >= 0.6 is 15.9 Å². The lowest BCUT2D eigenvalue weighted by Gasteiger charge is -2.17. The van der Waals surface area contributed by atoms with Crippen LogP contribution in [0.25, 0.3) is 0 Å². The number of rotatable bonds is 7. The number of hydrogen-bond acceptors (Lipinski definition) is 5. The van der Waals surface area contributed by atoms with Gasteiger partial charge in [0.25, 0.3) is 0 Å². The molecule has 0 amide bonds. The number of esters is 1. The molecule has 0 radical (unpaired) electrons. The van der Waals surface area contributed by atoms with Crippen molar-refractivity contribution >= 4 is 21.9 Å². The molecule has 0 aliphatic rings. The van der Waals surface area contributed by atoms with Gasteiger partial charge in [-0.05, 0) is 34.5 Å². The highest BCUT2D eigenvalue weighted by molar-refractivity contribution is 9.10. The third-order valence-electron chi connectivity index (χ3n) is 2.24. The van der Waals surface area contributed by atoms with Gasteiger partial charge in [0.05, 0.1) is 13.2 Å². The van der Waals surface area contributed by atoms with Crippen molar-refractivity contribution < 1.29 is 14.3 Å². The Morgan fingerprint density at radius 2 is 2.33 bits per heavy atom. The predicted molar refractivity (Wildman–Crippen MR) is 71.2 cm³/mol. The Hall–Kier alpha value is -0.980. The van der Waals surface area contributed by atoms with Crippen molar-refractivity contribution in [2.24, 2.45) is 0 Å². The summed E-state index contributed by atoms with van der Waals surface area (Å²) in [5.41, 5.74) is 0.763. The monoisotopic (exact) mass is 316 g/mol. The average molecular weight is 317 g/mol. The molecule has 18 heavy (non-hydrogen) atoms. The molecule has 0 spiro atoms. The van der Waals surface area contributed by atoms with E-state index in [2.05, 4.69) is 26.2 Å². The van der Waals surface area contributed by atoms with E-state index >= 15 is 0 Å². The van der Waals surface area contributed by atoms with E-state index in [1.54, 1.807) is 26.4 Å². The molecule has 5 nitrogen and oxygen atoms in total. The molecule has 0 aliphatic carbocycles. The second-order valence-corrected chi connectivity index (χ2v) is 4.48. The van der Waals surface area contributed by atoms with Gasteiger partial charge in [0.2, 0.25) is 0 Å². The normalized spacial score (nSPS) is 12.2. The zero-order valence-electron chi connectivity index (χ0n) is 10.5. The molecule has 0 saturated carbocycles. The van der Waals surface area contributed by atoms with Gasteiger partial charge in [0, 0.05) is 30.5 Å². The Labute approximate surface area is 115 Å². The van der Waals surface area contributed by atoms with E-state index < -0.39 is 6.04 Å². The molecule has 1 rings (SSSR count). The number of pyridine rings is 1. The van der Waals surface area contributed by atoms with Crippen LogP contribution in [0.1, 0.15) is 18.5 Å². The first-order valence-corrected chi connectivity index (χ1v) is 6.47. The number of hydrogen-bond donors (Lipinski definition) is 1. The first kappa shape index (κ1) is 15.1. The van der Waals surface area contributed by atoms with Gasteiger partial charge >= 0.3 is 5.97 Å². The van der Waals surface area contributed by atoms with E-state index in [9.17, 15) is 4.79 Å². The van der Waals surface area contributed by atoms with Crippen molar-refractivity contribution in [3.8, 4) is 0 Å². The van der Waals surface area contributed by atoms with Crippen molar-refractivity contribution in [3.63, 3.8) is 0 Å². The van der Waals surface area contributed by atoms with Gasteiger partial charge < -0.3 is 9.47 Å². The standard InChI is InChI=1S/C12H17BrN2O3/c1-3-18-12(16)11(15-4-5-17-2)9-6-10(13)8-14-7-9/h6-8,11,15H,3-5H2,1-2H3. The number of methoxy groups -OCH3 is 1. The summed E-state index contributed by atoms with van der Waals surface area (Å²) in [6, 6.07) is 1.32. The van der Waals surface area contributed by atoms with E-state index in [1.165, 1.54) is 0 Å². The Kier molecular flexibility index (Phi) is 6.85. The molecule has 1 atom stereocenters. The van der Waals surface area contributed by atoms with Gasteiger partial charge in [-0.2, -0.15) is 0 Å². The highest BCUT2D eigenvalue weighted by Crippen LogP contribution is 2.18. The highest BCUT2D eigenvalue weighted by Gasteiger charge is 2.21. The summed E-state index contributed by atoms with van der Waals surface area (Å²) in [6.45, 7) is 3.22. The summed E-state index contributed by atoms with van der Waals surface area (Å²) < 4.78 is 10.8. The van der Waals surface area contributed by atoms with Crippen molar-refractivity contribution in [2.75, 3.05) is 26.9 Å². The van der Waals surface area contributed by atoms with Crippen molar-refractivity contribution in [1.29, 1.82) is 0 Å². The van der Waals surface area contributed by atoms with Crippen LogP contribution in [0, 0.1) is 0 Å². The largest absolute Gasteiger partial charge is 0.465 e. The molecule has 0 fully saturated rings. The van der Waals surface area contributed by atoms with Gasteiger partial charge in [-0.3, -0.25) is 10.3 Å². The molecule has 1 N–H and O–H groups in total. The topological polar surface area (TPSA) is 60.5 Å². The molecule has 100 valence electrons. The number of nitrogens with one attached hydrogen (secondary N) is 1. The fraction of sp³-hybridized carbons (Fsp3) is 0.500. The van der Waals surface area contributed by atoms with Gasteiger partial charge in [0.15, 0.2) is 0 Å². The molecular formula is C12H17BrN2O3. The molecule has 1 unspecified atom stereocenters. The van der Waals surface area contributed by atoms with Crippen LogP contribution in [0.2, 0.25) is 0 Å². The van der Waals surface area contributed by atoms with E-state index in [0.29, 0.717) is 19.8 Å². The Morgan fingerprint density at radius 1 is 1.56 bits per heavy atom. The fourth-order valence-electron chi connectivity index (χ4n) is 1.45. The van der Waals surface area contributed by atoms with Crippen molar-refractivity contribution in [1.82, 2.24) is 10.3 Å². The lowest BCUT2D eigenvalue weighted by molar-refractivity contribution is -0.145. The summed E-state index contributed by atoms with van der Waals surface area (Å²) in [4.78, 5) is 15.9. The molecule has 0 bridgehead atoms. The number of carbonyl (C=O) groups is 1. The third-order valence-corrected chi connectivity index (χ3v) is 2.67. The van der Waals surface area contributed by atoms with Crippen LogP contribution in [0.4, 0.5) is 0 Å². The first-order chi connectivity index (χ1) is 8.69. The molecule has 0 aromatic carbocycles. The number of ether oxygens (including phenoxy) is 2. The summed E-state index contributed by atoms with van der Waals surface area (Å²) >= 11 is 3.33. The summed E-state index contributed by atoms with van der Waals surface area (Å²) in [7, 11) is 1.61. The van der Waals surface area contributed by atoms with Crippen molar-refractivity contribution in [3.05, 3.63) is 28.5 Å². The molecule has 0 saturated heterocycles. The van der Waals surface area contributed by atoms with Crippen LogP contribution in [0.5, 0.6) is 0 Å². The number of aromatic nitrogens is 1. The second-order valence-electron chi connectivity index (χ2n) is 3.57. The lowest BCUT2D eigenvalue weighted by Crippen LogP contribution is -2.32. The fourth-order valence-corrected chi connectivity index (χ4v) is 1.84. The number of nitrogens with zero attached hydrogens (tertiary/aromatic N) is 1. The summed E-state index contributed by atoms with van der Waals surface area (Å²) in [5.74, 6) is -0.312. The predicted octanol–water partition coefficient (Wildman–Crippen LogP) is 1.68. The number of halogens is 1. The molecular weight excluding hydrogens is 300 g/mol. The van der Waals surface area contributed by atoms with Crippen LogP contribution in [0.15, 0.2) is 22.9 Å². The van der Waals surface area contributed by atoms with Gasteiger partial charge in [-0.15, -0.1) is 0 Å². The quantitative estimate of drug-likeness (QED) is 0.612. The second kappa shape index (κ2) is 8.18. The Bertz CT molecular complexity index is 387.